The summed E-state index contributed by atoms with van der Waals surface area (Å²) in [4.78, 5) is 38.9. The third kappa shape index (κ3) is 6.53. The van der Waals surface area contributed by atoms with Crippen molar-refractivity contribution in [3.63, 3.8) is 0 Å². The van der Waals surface area contributed by atoms with Crippen LogP contribution in [0.15, 0.2) is 0 Å². The third-order valence-corrected chi connectivity index (χ3v) is 3.09. The maximum absolute atomic E-state index is 11.5. The average Bonchev–Trinajstić information content (AvgIpc) is 2.76. The standard InChI is InChI=1S/C15H25NO6/c1-4-5-9-21-15(2,3)11-20-10-8-14(19)22-16-12(17)6-7-13(16)18/h4-11H2,1-3H3. The molecule has 1 rings (SSSR count). The first kappa shape index (κ1) is 18.6. The SMILES string of the molecule is CCCCOC(C)(C)COCCC(=O)ON1C(=O)CCC1=O. The largest absolute Gasteiger partial charge is 0.378 e. The predicted octanol–water partition coefficient (Wildman–Crippen LogP) is 1.60. The minimum Gasteiger partial charge on any atom is -0.378 e. The fourth-order valence-electron chi connectivity index (χ4n) is 1.81. The van der Waals surface area contributed by atoms with E-state index >= 15 is 0 Å². The molecule has 22 heavy (non-hydrogen) atoms. The highest BCUT2D eigenvalue weighted by Crippen LogP contribution is 2.13. The molecule has 1 heterocycles. The van der Waals surface area contributed by atoms with E-state index in [2.05, 4.69) is 6.92 Å². The summed E-state index contributed by atoms with van der Waals surface area (Å²) < 4.78 is 11.1. The van der Waals surface area contributed by atoms with E-state index in [0.29, 0.717) is 18.3 Å². The van der Waals surface area contributed by atoms with Crippen LogP contribution in [-0.2, 0) is 28.7 Å². The van der Waals surface area contributed by atoms with Gasteiger partial charge in [0.15, 0.2) is 0 Å². The fraction of sp³-hybridized carbons (Fsp3) is 0.800. The lowest BCUT2D eigenvalue weighted by molar-refractivity contribution is -0.198. The van der Waals surface area contributed by atoms with Crippen molar-refractivity contribution in [2.24, 2.45) is 0 Å². The highest BCUT2D eigenvalue weighted by atomic mass is 16.7. The molecular weight excluding hydrogens is 290 g/mol. The molecule has 7 heteroatoms. The number of ether oxygens (including phenoxy) is 2. The molecule has 0 aromatic rings. The minimum atomic E-state index is -0.659. The van der Waals surface area contributed by atoms with Gasteiger partial charge < -0.3 is 14.3 Å². The van der Waals surface area contributed by atoms with Crippen LogP contribution in [0.3, 0.4) is 0 Å². The number of imide groups is 1. The topological polar surface area (TPSA) is 82.1 Å². The zero-order valence-corrected chi connectivity index (χ0v) is 13.6. The Balaban J connectivity index is 2.17. The van der Waals surface area contributed by atoms with Crippen LogP contribution >= 0.6 is 0 Å². The second kappa shape index (κ2) is 8.85. The first-order chi connectivity index (χ1) is 10.4. The summed E-state index contributed by atoms with van der Waals surface area (Å²) in [5.74, 6) is -1.62. The number of unbranched alkanes of at least 4 members (excludes halogenated alkanes) is 1. The third-order valence-electron chi connectivity index (χ3n) is 3.09. The molecule has 7 nitrogen and oxygen atoms in total. The van der Waals surface area contributed by atoms with Crippen LogP contribution < -0.4 is 0 Å². The summed E-state index contributed by atoms with van der Waals surface area (Å²) in [5.41, 5.74) is -0.417. The van der Waals surface area contributed by atoms with Gasteiger partial charge in [-0.25, -0.2) is 4.79 Å². The Morgan fingerprint density at radius 2 is 1.82 bits per heavy atom. The summed E-state index contributed by atoms with van der Waals surface area (Å²) in [6.07, 6.45) is 2.21. The maximum Gasteiger partial charge on any atom is 0.335 e. The molecule has 2 amide bonds. The summed E-state index contributed by atoms with van der Waals surface area (Å²) in [7, 11) is 0. The molecule has 0 aromatic carbocycles. The first-order valence-electron chi connectivity index (χ1n) is 7.64. The van der Waals surface area contributed by atoms with Gasteiger partial charge in [0.05, 0.1) is 25.2 Å². The van der Waals surface area contributed by atoms with Crippen molar-refractivity contribution in [3.05, 3.63) is 0 Å². The highest BCUT2D eigenvalue weighted by molar-refractivity contribution is 6.01. The number of nitrogens with zero attached hydrogens (tertiary/aromatic N) is 1. The molecule has 0 unspecified atom stereocenters. The second-order valence-electron chi connectivity index (χ2n) is 5.81. The van der Waals surface area contributed by atoms with Crippen LogP contribution in [0.2, 0.25) is 0 Å². The molecule has 0 atom stereocenters. The highest BCUT2D eigenvalue weighted by Gasteiger charge is 2.32. The van der Waals surface area contributed by atoms with Gasteiger partial charge in [-0.05, 0) is 20.3 Å². The number of hydrogen-bond acceptors (Lipinski definition) is 6. The Hall–Kier alpha value is -1.47. The Labute approximate surface area is 130 Å². The van der Waals surface area contributed by atoms with E-state index in [1.165, 1.54) is 0 Å². The normalized spacial score (nSPS) is 15.5. The number of amides is 2. The zero-order chi connectivity index (χ0) is 16.6. The van der Waals surface area contributed by atoms with Crippen molar-refractivity contribution in [3.8, 4) is 0 Å². The van der Waals surface area contributed by atoms with Gasteiger partial charge in [0.25, 0.3) is 11.8 Å². The van der Waals surface area contributed by atoms with Crippen molar-refractivity contribution in [1.29, 1.82) is 0 Å². The molecule has 1 aliphatic heterocycles. The van der Waals surface area contributed by atoms with E-state index < -0.39 is 23.4 Å². The summed E-state index contributed by atoms with van der Waals surface area (Å²) in [5, 5.41) is 0.542. The smallest absolute Gasteiger partial charge is 0.335 e. The van der Waals surface area contributed by atoms with Gasteiger partial charge >= 0.3 is 5.97 Å². The molecule has 0 aliphatic carbocycles. The van der Waals surface area contributed by atoms with Crippen LogP contribution in [-0.4, -0.2) is 48.3 Å². The second-order valence-corrected chi connectivity index (χ2v) is 5.81. The molecule has 0 aromatic heterocycles. The number of hydrogen-bond donors (Lipinski definition) is 0. The number of rotatable bonds is 10. The van der Waals surface area contributed by atoms with Crippen LogP contribution in [0.5, 0.6) is 0 Å². The number of carbonyl (C=O) groups is 3. The van der Waals surface area contributed by atoms with Gasteiger partial charge in [0, 0.05) is 19.4 Å². The first-order valence-corrected chi connectivity index (χ1v) is 7.64. The predicted molar refractivity (Wildman–Crippen MR) is 77.6 cm³/mol. The molecule has 0 saturated carbocycles. The molecule has 0 bridgehead atoms. The van der Waals surface area contributed by atoms with Crippen LogP contribution in [0.1, 0.15) is 52.9 Å². The van der Waals surface area contributed by atoms with Crippen molar-refractivity contribution < 1.29 is 28.7 Å². The molecule has 0 N–H and O–H groups in total. The van der Waals surface area contributed by atoms with E-state index in [-0.39, 0.29) is 25.9 Å². The quantitative estimate of drug-likeness (QED) is 0.450. The minimum absolute atomic E-state index is 0.0257. The van der Waals surface area contributed by atoms with Gasteiger partial charge in [-0.2, -0.15) is 0 Å². The monoisotopic (exact) mass is 315 g/mol. The van der Waals surface area contributed by atoms with E-state index in [1.807, 2.05) is 13.8 Å². The molecule has 0 radical (unpaired) electrons. The molecule has 126 valence electrons. The molecule has 0 spiro atoms. The molecular formula is C15H25NO6. The zero-order valence-electron chi connectivity index (χ0n) is 13.6. The van der Waals surface area contributed by atoms with Gasteiger partial charge in [0.2, 0.25) is 0 Å². The lowest BCUT2D eigenvalue weighted by Crippen LogP contribution is -2.33. The molecule has 1 saturated heterocycles. The van der Waals surface area contributed by atoms with Gasteiger partial charge in [-0.1, -0.05) is 13.3 Å². The maximum atomic E-state index is 11.5. The van der Waals surface area contributed by atoms with E-state index in [9.17, 15) is 14.4 Å². The van der Waals surface area contributed by atoms with Crippen molar-refractivity contribution >= 4 is 17.8 Å². The van der Waals surface area contributed by atoms with Crippen molar-refractivity contribution in [2.75, 3.05) is 19.8 Å². The average molecular weight is 315 g/mol. The molecule has 1 aliphatic rings. The number of carbonyl (C=O) groups excluding carboxylic acids is 3. The molecule has 1 fully saturated rings. The Bertz CT molecular complexity index is 391. The fourth-order valence-corrected chi connectivity index (χ4v) is 1.81. The summed E-state index contributed by atoms with van der Waals surface area (Å²) >= 11 is 0. The van der Waals surface area contributed by atoms with Crippen LogP contribution in [0.4, 0.5) is 0 Å². The van der Waals surface area contributed by atoms with Crippen LogP contribution in [0, 0.1) is 0 Å². The number of hydroxylamine groups is 2. The lowest BCUT2D eigenvalue weighted by Gasteiger charge is -2.25. The van der Waals surface area contributed by atoms with E-state index in [4.69, 9.17) is 14.3 Å². The summed E-state index contributed by atoms with van der Waals surface area (Å²) in [6, 6.07) is 0. The Morgan fingerprint density at radius 3 is 2.41 bits per heavy atom. The van der Waals surface area contributed by atoms with E-state index in [0.717, 1.165) is 12.8 Å². The summed E-state index contributed by atoms with van der Waals surface area (Å²) in [6.45, 7) is 7.11. The Kier molecular flexibility index (Phi) is 7.47. The van der Waals surface area contributed by atoms with Gasteiger partial charge in [0.1, 0.15) is 0 Å². The van der Waals surface area contributed by atoms with Gasteiger partial charge in [-0.3, -0.25) is 9.59 Å². The van der Waals surface area contributed by atoms with E-state index in [1.54, 1.807) is 0 Å². The lowest BCUT2D eigenvalue weighted by atomic mass is 10.1. The van der Waals surface area contributed by atoms with Crippen LogP contribution in [0.25, 0.3) is 0 Å². The Morgan fingerprint density at radius 1 is 1.18 bits per heavy atom. The van der Waals surface area contributed by atoms with Gasteiger partial charge in [-0.15, -0.1) is 5.06 Å². The van der Waals surface area contributed by atoms with Crippen molar-refractivity contribution in [2.45, 2.75) is 58.5 Å². The van der Waals surface area contributed by atoms with Crippen molar-refractivity contribution in [1.82, 2.24) is 5.06 Å².